The van der Waals surface area contributed by atoms with Crippen molar-refractivity contribution in [2.24, 2.45) is 4.99 Å². The third-order valence-corrected chi connectivity index (χ3v) is 1.13. The summed E-state index contributed by atoms with van der Waals surface area (Å²) >= 11 is 0. The van der Waals surface area contributed by atoms with Crippen molar-refractivity contribution >= 4 is 12.1 Å². The second kappa shape index (κ2) is 2.44. The van der Waals surface area contributed by atoms with Crippen LogP contribution in [0.4, 0.5) is 0 Å². The van der Waals surface area contributed by atoms with E-state index in [4.69, 9.17) is 0 Å². The molecule has 0 spiro atoms. The Balaban J connectivity index is 2.69. The summed E-state index contributed by atoms with van der Waals surface area (Å²) < 4.78 is 0. The van der Waals surface area contributed by atoms with Gasteiger partial charge in [-0.25, -0.2) is 0 Å². The molecule has 0 radical (unpaired) electrons. The molecule has 0 N–H and O–H groups in total. The zero-order chi connectivity index (χ0) is 6.69. The quantitative estimate of drug-likeness (QED) is 0.449. The van der Waals surface area contributed by atoms with E-state index in [0.717, 1.165) is 0 Å². The zero-order valence-electron chi connectivity index (χ0n) is 5.24. The number of aliphatic imine (C=N–C) groups is 1. The van der Waals surface area contributed by atoms with Gasteiger partial charge in [0.2, 0.25) is 0 Å². The Morgan fingerprint density at radius 1 is 1.78 bits per heavy atom. The Morgan fingerprint density at radius 2 is 2.56 bits per heavy atom. The first kappa shape index (κ1) is 6.01. The van der Waals surface area contributed by atoms with Gasteiger partial charge in [-0.1, -0.05) is 0 Å². The van der Waals surface area contributed by atoms with Crippen molar-refractivity contribution in [3.8, 4) is 0 Å². The predicted octanol–water partition coefficient (Wildman–Crippen LogP) is 0.0429. The Hall–Kier alpha value is -1.12. The number of carbonyl (C=O) groups is 1. The van der Waals surface area contributed by atoms with Gasteiger partial charge in [-0.2, -0.15) is 0 Å². The maximum atomic E-state index is 10.8. The van der Waals surface area contributed by atoms with Crippen molar-refractivity contribution in [3.05, 3.63) is 12.3 Å². The normalized spacial score (nSPS) is 18.3. The molecule has 1 aliphatic heterocycles. The zero-order valence-corrected chi connectivity index (χ0v) is 5.24. The fraction of sp³-hybridized carbons (Fsp3) is 0.333. The lowest BCUT2D eigenvalue weighted by Gasteiger charge is -2.08. The van der Waals surface area contributed by atoms with Crippen molar-refractivity contribution in [1.29, 1.82) is 0 Å². The highest BCUT2D eigenvalue weighted by Gasteiger charge is 2.03. The first-order valence-electron chi connectivity index (χ1n) is 2.74. The van der Waals surface area contributed by atoms with E-state index in [1.807, 2.05) is 6.08 Å². The number of carbonyl (C=O) groups excluding carboxylic acids is 1. The van der Waals surface area contributed by atoms with Crippen LogP contribution in [-0.2, 0) is 4.79 Å². The summed E-state index contributed by atoms with van der Waals surface area (Å²) in [6.07, 6.45) is 4.77. The molecule has 0 bridgehead atoms. The van der Waals surface area contributed by atoms with Crippen molar-refractivity contribution in [2.75, 3.05) is 13.6 Å². The molecular weight excluding hydrogens is 116 g/mol. The summed E-state index contributed by atoms with van der Waals surface area (Å²) in [5, 5.41) is 0. The Bertz CT molecular complexity index is 172. The summed E-state index contributed by atoms with van der Waals surface area (Å²) in [5.41, 5.74) is 0. The summed E-state index contributed by atoms with van der Waals surface area (Å²) in [6, 6.07) is 0. The van der Waals surface area contributed by atoms with Crippen molar-refractivity contribution in [3.63, 3.8) is 0 Å². The van der Waals surface area contributed by atoms with E-state index in [0.29, 0.717) is 6.54 Å². The van der Waals surface area contributed by atoms with Gasteiger partial charge in [-0.05, 0) is 6.08 Å². The molecule has 0 fully saturated rings. The average molecular weight is 124 g/mol. The average Bonchev–Trinajstić information content (AvgIpc) is 1.99. The van der Waals surface area contributed by atoms with Gasteiger partial charge in [0.05, 0.1) is 6.21 Å². The van der Waals surface area contributed by atoms with Gasteiger partial charge in [-0.3, -0.25) is 9.79 Å². The molecule has 0 aromatic rings. The van der Waals surface area contributed by atoms with Gasteiger partial charge in [0.25, 0.3) is 5.91 Å². The molecule has 1 amide bonds. The van der Waals surface area contributed by atoms with Crippen molar-refractivity contribution in [2.45, 2.75) is 0 Å². The van der Waals surface area contributed by atoms with Gasteiger partial charge in [0, 0.05) is 19.8 Å². The SMILES string of the molecule is CN1CC=CN=CC1=O. The smallest absolute Gasteiger partial charge is 0.265 e. The van der Waals surface area contributed by atoms with E-state index in [-0.39, 0.29) is 5.91 Å². The van der Waals surface area contributed by atoms with Crippen molar-refractivity contribution in [1.82, 2.24) is 4.90 Å². The summed E-state index contributed by atoms with van der Waals surface area (Å²) in [4.78, 5) is 16.0. The lowest BCUT2D eigenvalue weighted by atomic mass is 10.5. The third kappa shape index (κ3) is 1.38. The van der Waals surface area contributed by atoms with Crippen LogP contribution in [0.1, 0.15) is 0 Å². The maximum absolute atomic E-state index is 10.8. The summed E-state index contributed by atoms with van der Waals surface area (Å²) in [6.45, 7) is 0.652. The Kier molecular flexibility index (Phi) is 1.63. The van der Waals surface area contributed by atoms with Crippen LogP contribution in [0.25, 0.3) is 0 Å². The molecule has 3 heteroatoms. The third-order valence-electron chi connectivity index (χ3n) is 1.13. The molecule has 1 aliphatic rings. The van der Waals surface area contributed by atoms with Crippen LogP contribution in [0.2, 0.25) is 0 Å². The molecule has 3 nitrogen and oxygen atoms in total. The summed E-state index contributed by atoms with van der Waals surface area (Å²) in [5.74, 6) is -0.0417. The molecule has 0 aromatic heterocycles. The van der Waals surface area contributed by atoms with Crippen LogP contribution in [0.15, 0.2) is 17.3 Å². The van der Waals surface area contributed by atoms with E-state index in [2.05, 4.69) is 4.99 Å². The Labute approximate surface area is 53.7 Å². The highest BCUT2D eigenvalue weighted by atomic mass is 16.2. The molecule has 0 saturated heterocycles. The van der Waals surface area contributed by atoms with Gasteiger partial charge in [0.1, 0.15) is 0 Å². The number of hydrogen-bond acceptors (Lipinski definition) is 2. The molecular formula is C6H8N2O. The van der Waals surface area contributed by atoms with Gasteiger partial charge in [-0.15, -0.1) is 0 Å². The first-order chi connectivity index (χ1) is 4.30. The predicted molar refractivity (Wildman–Crippen MR) is 35.3 cm³/mol. The largest absolute Gasteiger partial charge is 0.337 e. The topological polar surface area (TPSA) is 32.7 Å². The number of amides is 1. The fourth-order valence-electron chi connectivity index (χ4n) is 0.561. The minimum absolute atomic E-state index is 0.0417. The number of hydrogen-bond donors (Lipinski definition) is 0. The van der Waals surface area contributed by atoms with E-state index in [9.17, 15) is 4.79 Å². The number of rotatable bonds is 0. The van der Waals surface area contributed by atoms with Crippen LogP contribution in [0, 0.1) is 0 Å². The highest BCUT2D eigenvalue weighted by molar-refractivity contribution is 6.26. The monoisotopic (exact) mass is 124 g/mol. The molecule has 0 unspecified atom stereocenters. The van der Waals surface area contributed by atoms with Gasteiger partial charge >= 0.3 is 0 Å². The minimum atomic E-state index is -0.0417. The highest BCUT2D eigenvalue weighted by Crippen LogP contribution is 1.88. The minimum Gasteiger partial charge on any atom is -0.337 e. The molecule has 1 rings (SSSR count). The van der Waals surface area contributed by atoms with Gasteiger partial charge in [0.15, 0.2) is 0 Å². The second-order valence-corrected chi connectivity index (χ2v) is 1.88. The van der Waals surface area contributed by atoms with Crippen LogP contribution >= 0.6 is 0 Å². The summed E-state index contributed by atoms with van der Waals surface area (Å²) in [7, 11) is 1.74. The maximum Gasteiger partial charge on any atom is 0.265 e. The molecule has 1 heterocycles. The van der Waals surface area contributed by atoms with Crippen LogP contribution in [0.3, 0.4) is 0 Å². The van der Waals surface area contributed by atoms with Crippen molar-refractivity contribution < 1.29 is 4.79 Å². The van der Waals surface area contributed by atoms with E-state index in [1.165, 1.54) is 6.21 Å². The number of likely N-dealkylation sites (N-methyl/N-ethyl adjacent to an activating group) is 1. The van der Waals surface area contributed by atoms with Crippen LogP contribution in [0.5, 0.6) is 0 Å². The van der Waals surface area contributed by atoms with E-state index >= 15 is 0 Å². The molecule has 0 atom stereocenters. The lowest BCUT2D eigenvalue weighted by Crippen LogP contribution is -2.26. The van der Waals surface area contributed by atoms with E-state index in [1.54, 1.807) is 18.1 Å². The Morgan fingerprint density at radius 3 is 3.33 bits per heavy atom. The first-order valence-corrected chi connectivity index (χ1v) is 2.74. The molecule has 0 saturated carbocycles. The fourth-order valence-corrected chi connectivity index (χ4v) is 0.561. The standard InChI is InChI=1S/C6H8N2O/c1-8-4-2-3-7-5-6(8)9/h2-3,5H,4H2,1H3. The van der Waals surface area contributed by atoms with Gasteiger partial charge < -0.3 is 4.90 Å². The molecule has 9 heavy (non-hydrogen) atoms. The van der Waals surface area contributed by atoms with Crippen LogP contribution < -0.4 is 0 Å². The second-order valence-electron chi connectivity index (χ2n) is 1.88. The van der Waals surface area contributed by atoms with Crippen LogP contribution in [-0.4, -0.2) is 30.6 Å². The molecule has 48 valence electrons. The molecule has 0 aliphatic carbocycles. The lowest BCUT2D eigenvalue weighted by molar-refractivity contribution is -0.121. The van der Waals surface area contributed by atoms with E-state index < -0.39 is 0 Å². The number of nitrogens with zero attached hydrogens (tertiary/aromatic N) is 2. The molecule has 0 aromatic carbocycles.